The predicted octanol–water partition coefficient (Wildman–Crippen LogP) is 3.25. The zero-order valence-electron chi connectivity index (χ0n) is 19.0. The van der Waals surface area contributed by atoms with E-state index in [0.717, 1.165) is 55.5 Å². The standard InChI is InChI=1S/C23H34N4O4/c1-23(2,3)31-22(29)27-13-9-18(10-14-27)30-17-7-11-26(12-8-17)16-5-6-19-20(15-16)25(4)21(28)24-19/h5-6,15,17-18H,7-14H2,1-4H3,(H,24,28). The number of aromatic nitrogens is 2. The molecule has 1 aromatic heterocycles. The minimum absolute atomic E-state index is 0.0861. The molecule has 4 rings (SSSR count). The van der Waals surface area contributed by atoms with Crippen molar-refractivity contribution in [2.45, 2.75) is 64.3 Å². The number of rotatable bonds is 3. The lowest BCUT2D eigenvalue weighted by molar-refractivity contribution is -0.0535. The molecule has 0 atom stereocenters. The van der Waals surface area contributed by atoms with Gasteiger partial charge in [0.05, 0.1) is 23.2 Å². The van der Waals surface area contributed by atoms with Crippen molar-refractivity contribution in [2.24, 2.45) is 7.05 Å². The summed E-state index contributed by atoms with van der Waals surface area (Å²) < 4.78 is 13.5. The molecular formula is C23H34N4O4. The number of hydrogen-bond donors (Lipinski definition) is 1. The summed E-state index contributed by atoms with van der Waals surface area (Å²) in [6.45, 7) is 8.93. The van der Waals surface area contributed by atoms with Crippen molar-refractivity contribution in [3.8, 4) is 0 Å². The Bertz CT molecular complexity index is 974. The highest BCUT2D eigenvalue weighted by Gasteiger charge is 2.29. The average Bonchev–Trinajstić information content (AvgIpc) is 3.01. The summed E-state index contributed by atoms with van der Waals surface area (Å²) in [5.41, 5.74) is 2.40. The first-order valence-electron chi connectivity index (χ1n) is 11.3. The molecule has 8 heteroatoms. The number of hydrogen-bond acceptors (Lipinski definition) is 5. The molecule has 170 valence electrons. The first kappa shape index (κ1) is 21.7. The van der Waals surface area contributed by atoms with Crippen LogP contribution in [0.15, 0.2) is 23.0 Å². The van der Waals surface area contributed by atoms with E-state index >= 15 is 0 Å². The quantitative estimate of drug-likeness (QED) is 0.809. The number of piperidine rings is 2. The molecule has 2 fully saturated rings. The summed E-state index contributed by atoms with van der Waals surface area (Å²) in [5, 5.41) is 0. The average molecular weight is 431 g/mol. The van der Waals surface area contributed by atoms with Gasteiger partial charge in [0, 0.05) is 38.9 Å². The zero-order chi connectivity index (χ0) is 22.2. The van der Waals surface area contributed by atoms with E-state index in [1.807, 2.05) is 26.8 Å². The van der Waals surface area contributed by atoms with Crippen molar-refractivity contribution in [2.75, 3.05) is 31.1 Å². The maximum Gasteiger partial charge on any atom is 0.410 e. The lowest BCUT2D eigenvalue weighted by Gasteiger charge is -2.38. The Morgan fingerprint density at radius 2 is 1.65 bits per heavy atom. The highest BCUT2D eigenvalue weighted by Crippen LogP contribution is 2.26. The van der Waals surface area contributed by atoms with E-state index in [0.29, 0.717) is 13.1 Å². The summed E-state index contributed by atoms with van der Waals surface area (Å²) in [7, 11) is 1.79. The number of fused-ring (bicyclic) bond motifs is 1. The third-order valence-electron chi connectivity index (χ3n) is 6.17. The van der Waals surface area contributed by atoms with Gasteiger partial charge >= 0.3 is 11.8 Å². The number of carbonyl (C=O) groups excluding carboxylic acids is 1. The molecule has 8 nitrogen and oxygen atoms in total. The Balaban J connectivity index is 1.25. The van der Waals surface area contributed by atoms with Crippen LogP contribution in [0.1, 0.15) is 46.5 Å². The summed E-state index contributed by atoms with van der Waals surface area (Å²) in [6, 6.07) is 6.14. The maximum absolute atomic E-state index is 12.2. The molecule has 0 bridgehead atoms. The molecular weight excluding hydrogens is 396 g/mol. The van der Waals surface area contributed by atoms with E-state index in [9.17, 15) is 9.59 Å². The van der Waals surface area contributed by atoms with Crippen LogP contribution in [0.5, 0.6) is 0 Å². The SMILES string of the molecule is Cn1c(=O)[nH]c2ccc(N3CCC(OC4CCN(C(=O)OC(C)(C)C)CC4)CC3)cc21. The zero-order valence-corrected chi connectivity index (χ0v) is 19.0. The fourth-order valence-electron chi connectivity index (χ4n) is 4.43. The Kier molecular flexibility index (Phi) is 6.01. The number of benzene rings is 1. The van der Waals surface area contributed by atoms with Gasteiger partial charge in [-0.2, -0.15) is 0 Å². The highest BCUT2D eigenvalue weighted by atomic mass is 16.6. The second-order valence-electron chi connectivity index (χ2n) is 9.68. The normalized spacial score (nSPS) is 19.2. The lowest BCUT2D eigenvalue weighted by Crippen LogP contribution is -2.45. The number of likely N-dealkylation sites (tertiary alicyclic amines) is 1. The number of aromatic amines is 1. The van der Waals surface area contributed by atoms with Crippen LogP contribution < -0.4 is 10.6 Å². The van der Waals surface area contributed by atoms with Crippen LogP contribution in [0.25, 0.3) is 11.0 Å². The second kappa shape index (κ2) is 8.57. The molecule has 3 heterocycles. The Hall–Kier alpha value is -2.48. The molecule has 0 unspecified atom stereocenters. The second-order valence-corrected chi connectivity index (χ2v) is 9.68. The fourth-order valence-corrected chi connectivity index (χ4v) is 4.43. The van der Waals surface area contributed by atoms with Crippen LogP contribution >= 0.6 is 0 Å². The van der Waals surface area contributed by atoms with Crippen molar-refractivity contribution in [1.29, 1.82) is 0 Å². The van der Waals surface area contributed by atoms with Crippen LogP contribution in [0.2, 0.25) is 0 Å². The van der Waals surface area contributed by atoms with Crippen molar-refractivity contribution in [3.63, 3.8) is 0 Å². The number of anilines is 1. The third-order valence-corrected chi connectivity index (χ3v) is 6.17. The van der Waals surface area contributed by atoms with Crippen LogP contribution in [-0.2, 0) is 16.5 Å². The minimum Gasteiger partial charge on any atom is -0.444 e. The molecule has 1 aromatic carbocycles. The van der Waals surface area contributed by atoms with Crippen molar-refractivity contribution < 1.29 is 14.3 Å². The molecule has 0 radical (unpaired) electrons. The van der Waals surface area contributed by atoms with Gasteiger partial charge < -0.3 is 24.3 Å². The van der Waals surface area contributed by atoms with Crippen LogP contribution in [-0.4, -0.2) is 64.5 Å². The summed E-state index contributed by atoms with van der Waals surface area (Å²) >= 11 is 0. The Morgan fingerprint density at radius 1 is 1.03 bits per heavy atom. The van der Waals surface area contributed by atoms with Gasteiger partial charge in [-0.15, -0.1) is 0 Å². The molecule has 1 N–H and O–H groups in total. The molecule has 0 aliphatic carbocycles. The predicted molar refractivity (Wildman–Crippen MR) is 121 cm³/mol. The first-order chi connectivity index (χ1) is 14.7. The maximum atomic E-state index is 12.2. The molecule has 31 heavy (non-hydrogen) atoms. The van der Waals surface area contributed by atoms with Crippen LogP contribution in [0.3, 0.4) is 0 Å². The van der Waals surface area contributed by atoms with E-state index in [4.69, 9.17) is 9.47 Å². The fraction of sp³-hybridized carbons (Fsp3) is 0.652. The number of aryl methyl sites for hydroxylation is 1. The van der Waals surface area contributed by atoms with E-state index in [1.165, 1.54) is 0 Å². The Labute approximate surface area is 183 Å². The highest BCUT2D eigenvalue weighted by molar-refractivity contribution is 5.79. The van der Waals surface area contributed by atoms with Gasteiger partial charge in [-0.25, -0.2) is 9.59 Å². The van der Waals surface area contributed by atoms with Gasteiger partial charge in [-0.3, -0.25) is 4.57 Å². The van der Waals surface area contributed by atoms with Crippen molar-refractivity contribution >= 4 is 22.8 Å². The molecule has 2 aliphatic rings. The summed E-state index contributed by atoms with van der Waals surface area (Å²) in [5.74, 6) is 0. The summed E-state index contributed by atoms with van der Waals surface area (Å²) in [4.78, 5) is 31.1. The third kappa shape index (κ3) is 5.06. The molecule has 0 saturated carbocycles. The number of carbonyl (C=O) groups is 1. The molecule has 1 amide bonds. The number of nitrogens with zero attached hydrogens (tertiary/aromatic N) is 3. The minimum atomic E-state index is -0.460. The van der Waals surface area contributed by atoms with Gasteiger partial charge in [0.2, 0.25) is 0 Å². The number of ether oxygens (including phenoxy) is 2. The van der Waals surface area contributed by atoms with Crippen LogP contribution in [0, 0.1) is 0 Å². The van der Waals surface area contributed by atoms with E-state index in [1.54, 1.807) is 16.5 Å². The monoisotopic (exact) mass is 430 g/mol. The molecule has 2 saturated heterocycles. The molecule has 2 aromatic rings. The first-order valence-corrected chi connectivity index (χ1v) is 11.3. The van der Waals surface area contributed by atoms with Gasteiger partial charge in [-0.1, -0.05) is 0 Å². The smallest absolute Gasteiger partial charge is 0.410 e. The molecule has 0 spiro atoms. The number of nitrogens with one attached hydrogen (secondary N) is 1. The summed E-state index contributed by atoms with van der Waals surface area (Å²) in [6.07, 6.45) is 3.92. The number of imidazole rings is 1. The Morgan fingerprint density at radius 3 is 2.26 bits per heavy atom. The van der Waals surface area contributed by atoms with Gasteiger partial charge in [0.1, 0.15) is 5.60 Å². The van der Waals surface area contributed by atoms with Gasteiger partial charge in [0.15, 0.2) is 0 Å². The van der Waals surface area contributed by atoms with Crippen molar-refractivity contribution in [3.05, 3.63) is 28.7 Å². The van der Waals surface area contributed by atoms with Gasteiger partial charge in [-0.05, 0) is 64.7 Å². The number of H-pyrrole nitrogens is 1. The largest absolute Gasteiger partial charge is 0.444 e. The van der Waals surface area contributed by atoms with E-state index < -0.39 is 5.60 Å². The molecule has 2 aliphatic heterocycles. The van der Waals surface area contributed by atoms with Crippen LogP contribution in [0.4, 0.5) is 10.5 Å². The number of amides is 1. The van der Waals surface area contributed by atoms with Gasteiger partial charge in [0.25, 0.3) is 0 Å². The van der Waals surface area contributed by atoms with Crippen molar-refractivity contribution in [1.82, 2.24) is 14.5 Å². The van der Waals surface area contributed by atoms with E-state index in [2.05, 4.69) is 22.0 Å². The topological polar surface area (TPSA) is 79.8 Å². The lowest BCUT2D eigenvalue weighted by atomic mass is 10.0. The van der Waals surface area contributed by atoms with E-state index in [-0.39, 0.29) is 24.0 Å².